The maximum absolute atomic E-state index is 13.5. The number of halogens is 3. The number of ether oxygens (including phenoxy) is 1. The SMILES string of the molecule is O=C(O)c1ccc(OCC2(C(F)(F)F)CCCCC2)cc1C1CC1. The topological polar surface area (TPSA) is 46.5 Å². The summed E-state index contributed by atoms with van der Waals surface area (Å²) in [5.41, 5.74) is -0.894. The van der Waals surface area contributed by atoms with E-state index < -0.39 is 24.2 Å². The highest BCUT2D eigenvalue weighted by Gasteiger charge is 2.55. The van der Waals surface area contributed by atoms with Crippen LogP contribution in [0.4, 0.5) is 13.2 Å². The van der Waals surface area contributed by atoms with E-state index in [-0.39, 0.29) is 24.3 Å². The first-order chi connectivity index (χ1) is 11.3. The van der Waals surface area contributed by atoms with Gasteiger partial charge >= 0.3 is 12.1 Å². The monoisotopic (exact) mass is 342 g/mol. The van der Waals surface area contributed by atoms with E-state index in [0.717, 1.165) is 19.3 Å². The van der Waals surface area contributed by atoms with Gasteiger partial charge in [-0.25, -0.2) is 4.79 Å². The Labute approximate surface area is 138 Å². The standard InChI is InChI=1S/C18H21F3O3/c19-18(20,21)17(8-2-1-3-9-17)11-24-13-6-7-14(16(22)23)15(10-13)12-4-5-12/h6-7,10,12H,1-5,8-9,11H2,(H,22,23). The molecule has 3 rings (SSSR count). The molecule has 0 bridgehead atoms. The van der Waals surface area contributed by atoms with Gasteiger partial charge in [0.25, 0.3) is 0 Å². The molecule has 2 aliphatic carbocycles. The zero-order valence-electron chi connectivity index (χ0n) is 13.4. The van der Waals surface area contributed by atoms with E-state index in [0.29, 0.717) is 24.2 Å². The molecule has 0 heterocycles. The second-order valence-corrected chi connectivity index (χ2v) is 6.96. The Bertz CT molecular complexity index is 614. The van der Waals surface area contributed by atoms with Crippen LogP contribution >= 0.6 is 0 Å². The van der Waals surface area contributed by atoms with Crippen LogP contribution in [0.1, 0.15) is 66.8 Å². The molecule has 0 spiro atoms. The third-order valence-corrected chi connectivity index (χ3v) is 5.20. The molecule has 0 amide bonds. The van der Waals surface area contributed by atoms with Crippen LogP contribution in [0.15, 0.2) is 18.2 Å². The van der Waals surface area contributed by atoms with E-state index in [9.17, 15) is 23.1 Å². The number of benzene rings is 1. The molecule has 2 saturated carbocycles. The van der Waals surface area contributed by atoms with Gasteiger partial charge in [0.05, 0.1) is 11.0 Å². The lowest BCUT2D eigenvalue weighted by Gasteiger charge is -2.38. The van der Waals surface area contributed by atoms with E-state index in [1.54, 1.807) is 6.07 Å². The van der Waals surface area contributed by atoms with Crippen LogP contribution < -0.4 is 4.74 Å². The Morgan fingerprint density at radius 2 is 1.88 bits per heavy atom. The Morgan fingerprint density at radius 1 is 1.21 bits per heavy atom. The first kappa shape index (κ1) is 17.1. The largest absolute Gasteiger partial charge is 0.493 e. The smallest absolute Gasteiger partial charge is 0.397 e. The zero-order valence-corrected chi connectivity index (χ0v) is 13.4. The molecule has 0 unspecified atom stereocenters. The average molecular weight is 342 g/mol. The van der Waals surface area contributed by atoms with Crippen molar-refractivity contribution in [1.82, 2.24) is 0 Å². The van der Waals surface area contributed by atoms with Crippen LogP contribution in [0.5, 0.6) is 5.75 Å². The van der Waals surface area contributed by atoms with Gasteiger partial charge in [-0.3, -0.25) is 0 Å². The van der Waals surface area contributed by atoms with Gasteiger partial charge in [-0.15, -0.1) is 0 Å². The van der Waals surface area contributed by atoms with Gasteiger partial charge in [-0.2, -0.15) is 13.2 Å². The summed E-state index contributed by atoms with van der Waals surface area (Å²) in [6.45, 7) is -0.396. The molecule has 2 fully saturated rings. The highest BCUT2D eigenvalue weighted by Crippen LogP contribution is 2.49. The quantitative estimate of drug-likeness (QED) is 0.804. The predicted octanol–water partition coefficient (Wildman–Crippen LogP) is 5.15. The lowest BCUT2D eigenvalue weighted by Crippen LogP contribution is -2.44. The van der Waals surface area contributed by atoms with E-state index in [1.165, 1.54) is 12.1 Å². The predicted molar refractivity (Wildman–Crippen MR) is 82.4 cm³/mol. The fraction of sp³-hybridized carbons (Fsp3) is 0.611. The number of rotatable bonds is 5. The number of carboxylic acid groups (broad SMARTS) is 1. The van der Waals surface area contributed by atoms with Gasteiger partial charge in [-0.05, 0) is 55.4 Å². The molecule has 1 aromatic rings. The van der Waals surface area contributed by atoms with Crippen molar-refractivity contribution >= 4 is 5.97 Å². The van der Waals surface area contributed by atoms with Crippen molar-refractivity contribution in [2.75, 3.05) is 6.61 Å². The number of hydrogen-bond acceptors (Lipinski definition) is 2. The Hall–Kier alpha value is -1.72. The van der Waals surface area contributed by atoms with Crippen LogP contribution in [0.3, 0.4) is 0 Å². The molecule has 2 aliphatic rings. The Morgan fingerprint density at radius 3 is 2.42 bits per heavy atom. The molecule has 6 heteroatoms. The summed E-state index contributed by atoms with van der Waals surface area (Å²) in [5, 5.41) is 9.23. The van der Waals surface area contributed by atoms with Crippen molar-refractivity contribution in [1.29, 1.82) is 0 Å². The van der Waals surface area contributed by atoms with Crippen LogP contribution in [0.25, 0.3) is 0 Å². The van der Waals surface area contributed by atoms with Gasteiger partial charge in [0, 0.05) is 0 Å². The average Bonchev–Trinajstić information content (AvgIpc) is 3.37. The van der Waals surface area contributed by atoms with Crippen LogP contribution in [-0.4, -0.2) is 23.9 Å². The van der Waals surface area contributed by atoms with Crippen molar-refractivity contribution in [3.05, 3.63) is 29.3 Å². The molecular weight excluding hydrogens is 321 g/mol. The molecule has 0 atom stereocenters. The third kappa shape index (κ3) is 3.37. The van der Waals surface area contributed by atoms with E-state index in [2.05, 4.69) is 0 Å². The van der Waals surface area contributed by atoms with Crippen LogP contribution in [0, 0.1) is 5.41 Å². The summed E-state index contributed by atoms with van der Waals surface area (Å²) in [5.74, 6) is -0.496. The summed E-state index contributed by atoms with van der Waals surface area (Å²) in [7, 11) is 0. The van der Waals surface area contributed by atoms with E-state index in [4.69, 9.17) is 4.74 Å². The first-order valence-electron chi connectivity index (χ1n) is 8.39. The zero-order chi connectivity index (χ0) is 17.4. The van der Waals surface area contributed by atoms with E-state index in [1.807, 2.05) is 0 Å². The molecular formula is C18H21F3O3. The molecule has 1 N–H and O–H groups in total. The lowest BCUT2D eigenvalue weighted by molar-refractivity contribution is -0.243. The van der Waals surface area contributed by atoms with Crippen molar-refractivity contribution in [3.8, 4) is 5.75 Å². The Kier molecular flexibility index (Phi) is 4.49. The van der Waals surface area contributed by atoms with Crippen molar-refractivity contribution in [2.24, 2.45) is 5.41 Å². The van der Waals surface area contributed by atoms with Gasteiger partial charge in [-0.1, -0.05) is 19.3 Å². The number of alkyl halides is 3. The number of hydrogen-bond donors (Lipinski definition) is 1. The number of carboxylic acids is 1. The summed E-state index contributed by atoms with van der Waals surface area (Å²) >= 11 is 0. The molecule has 0 radical (unpaired) electrons. The molecule has 0 aliphatic heterocycles. The fourth-order valence-electron chi connectivity index (χ4n) is 3.52. The van der Waals surface area contributed by atoms with Crippen LogP contribution in [-0.2, 0) is 0 Å². The summed E-state index contributed by atoms with van der Waals surface area (Å²) < 4.78 is 46.1. The molecule has 1 aromatic carbocycles. The number of aromatic carboxylic acids is 1. The summed E-state index contributed by atoms with van der Waals surface area (Å²) in [6, 6.07) is 4.50. The molecule has 0 saturated heterocycles. The fourth-order valence-corrected chi connectivity index (χ4v) is 3.52. The van der Waals surface area contributed by atoms with Crippen molar-refractivity contribution in [3.63, 3.8) is 0 Å². The molecule has 0 aromatic heterocycles. The van der Waals surface area contributed by atoms with Gasteiger partial charge in [0.1, 0.15) is 12.4 Å². The summed E-state index contributed by atoms with van der Waals surface area (Å²) in [4.78, 5) is 11.3. The normalized spacial score (nSPS) is 20.6. The third-order valence-electron chi connectivity index (χ3n) is 5.20. The maximum Gasteiger partial charge on any atom is 0.397 e. The highest BCUT2D eigenvalue weighted by atomic mass is 19.4. The first-order valence-corrected chi connectivity index (χ1v) is 8.39. The summed E-state index contributed by atoms with van der Waals surface area (Å²) in [6.07, 6.45) is -0.308. The van der Waals surface area contributed by atoms with Gasteiger partial charge in [0.2, 0.25) is 0 Å². The lowest BCUT2D eigenvalue weighted by atomic mass is 9.74. The second-order valence-electron chi connectivity index (χ2n) is 6.96. The molecule has 3 nitrogen and oxygen atoms in total. The minimum absolute atomic E-state index is 0.0964. The van der Waals surface area contributed by atoms with Crippen molar-refractivity contribution < 1.29 is 27.8 Å². The highest BCUT2D eigenvalue weighted by molar-refractivity contribution is 5.90. The minimum Gasteiger partial charge on any atom is -0.493 e. The molecule has 132 valence electrons. The van der Waals surface area contributed by atoms with Crippen LogP contribution in [0.2, 0.25) is 0 Å². The number of carbonyl (C=O) groups is 1. The second kappa shape index (κ2) is 6.30. The maximum atomic E-state index is 13.5. The molecule has 24 heavy (non-hydrogen) atoms. The Balaban J connectivity index is 1.78. The van der Waals surface area contributed by atoms with Gasteiger partial charge in [0.15, 0.2) is 0 Å². The minimum atomic E-state index is -4.28. The van der Waals surface area contributed by atoms with Gasteiger partial charge < -0.3 is 9.84 Å². The van der Waals surface area contributed by atoms with E-state index >= 15 is 0 Å². The van der Waals surface area contributed by atoms with Crippen molar-refractivity contribution in [2.45, 2.75) is 57.0 Å².